The summed E-state index contributed by atoms with van der Waals surface area (Å²) in [4.78, 5) is 26.1. The van der Waals surface area contributed by atoms with Gasteiger partial charge in [0, 0.05) is 44.6 Å². The van der Waals surface area contributed by atoms with Gasteiger partial charge < -0.3 is 9.30 Å². The maximum Gasteiger partial charge on any atom is 0.162 e. The minimum absolute atomic E-state index is 0.0331. The molecule has 4 aromatic rings. The molecule has 6 nitrogen and oxygen atoms in total. The van der Waals surface area contributed by atoms with E-state index in [4.69, 9.17) is 4.74 Å². The molecule has 0 aliphatic rings. The van der Waals surface area contributed by atoms with Crippen LogP contribution in [0.25, 0.3) is 33.5 Å². The minimum atomic E-state index is -1.17. The van der Waals surface area contributed by atoms with E-state index in [0.29, 0.717) is 18.7 Å². The summed E-state index contributed by atoms with van der Waals surface area (Å²) in [6, 6.07) is 14.9. The van der Waals surface area contributed by atoms with E-state index in [9.17, 15) is 4.79 Å². The first-order valence-corrected chi connectivity index (χ1v) is 15.5. The third-order valence-electron chi connectivity index (χ3n) is 5.86. The van der Waals surface area contributed by atoms with Crippen LogP contribution in [0.1, 0.15) is 12.5 Å². The van der Waals surface area contributed by atoms with E-state index in [1.807, 2.05) is 53.2 Å². The SMILES string of the molecule is C=C(C)C(=O)Cc1cccc(-c2ncnc3c2c(-c2ccccn2)cn3COCC[Si](C)(C)C)c1. The van der Waals surface area contributed by atoms with Gasteiger partial charge in [0.2, 0.25) is 0 Å². The summed E-state index contributed by atoms with van der Waals surface area (Å²) < 4.78 is 8.09. The van der Waals surface area contributed by atoms with Gasteiger partial charge in [-0.05, 0) is 42.3 Å². The maximum absolute atomic E-state index is 12.3. The monoisotopic (exact) mass is 484 g/mol. The van der Waals surface area contributed by atoms with Crippen LogP contribution in [0.15, 0.2) is 73.3 Å². The number of rotatable bonds is 10. The van der Waals surface area contributed by atoms with Gasteiger partial charge in [0.25, 0.3) is 0 Å². The van der Waals surface area contributed by atoms with Crippen LogP contribution in [-0.2, 0) is 22.7 Å². The molecule has 0 radical (unpaired) electrons. The summed E-state index contributed by atoms with van der Waals surface area (Å²) >= 11 is 0. The van der Waals surface area contributed by atoms with E-state index in [1.165, 1.54) is 0 Å². The van der Waals surface area contributed by atoms with Crippen molar-refractivity contribution in [3.63, 3.8) is 0 Å². The van der Waals surface area contributed by atoms with Crippen molar-refractivity contribution in [2.24, 2.45) is 0 Å². The van der Waals surface area contributed by atoms with Crippen LogP contribution in [0.4, 0.5) is 0 Å². The van der Waals surface area contributed by atoms with Gasteiger partial charge in [-0.15, -0.1) is 0 Å². The van der Waals surface area contributed by atoms with Crippen molar-refractivity contribution in [3.05, 3.63) is 78.9 Å². The van der Waals surface area contributed by atoms with Gasteiger partial charge in [0.1, 0.15) is 18.7 Å². The second-order valence-corrected chi connectivity index (χ2v) is 15.7. The highest BCUT2D eigenvalue weighted by Gasteiger charge is 2.19. The number of allylic oxidation sites excluding steroid dienone is 1. The summed E-state index contributed by atoms with van der Waals surface area (Å²) in [6.07, 6.45) is 5.74. The summed E-state index contributed by atoms with van der Waals surface area (Å²) in [5, 5.41) is 0.920. The first kappa shape index (κ1) is 24.7. The average molecular weight is 485 g/mol. The molecule has 0 unspecified atom stereocenters. The number of Topliss-reactive ketones (excluding diaryl/α,β-unsaturated/α-hetero) is 1. The molecular weight excluding hydrogens is 452 g/mol. The van der Waals surface area contributed by atoms with E-state index in [1.54, 1.807) is 19.4 Å². The molecular formula is C28H32N4O2Si. The Morgan fingerprint density at radius 3 is 2.63 bits per heavy atom. The third kappa shape index (κ3) is 5.99. The van der Waals surface area contributed by atoms with Crippen molar-refractivity contribution in [1.82, 2.24) is 19.5 Å². The zero-order chi connectivity index (χ0) is 25.0. The molecule has 1 aromatic carbocycles. The first-order chi connectivity index (χ1) is 16.7. The maximum atomic E-state index is 12.3. The number of nitrogens with zero attached hydrogens (tertiary/aromatic N) is 4. The molecule has 4 rings (SSSR count). The van der Waals surface area contributed by atoms with Crippen molar-refractivity contribution in [3.8, 4) is 22.5 Å². The predicted molar refractivity (Wildman–Crippen MR) is 144 cm³/mol. The number of hydrogen-bond donors (Lipinski definition) is 0. The van der Waals surface area contributed by atoms with Crippen molar-refractivity contribution in [1.29, 1.82) is 0 Å². The molecule has 0 aliphatic carbocycles. The fourth-order valence-electron chi connectivity index (χ4n) is 3.86. The average Bonchev–Trinajstić information content (AvgIpc) is 3.21. The summed E-state index contributed by atoms with van der Waals surface area (Å²) in [7, 11) is -1.17. The molecule has 0 bridgehead atoms. The highest BCUT2D eigenvalue weighted by atomic mass is 28.3. The molecule has 7 heteroatoms. The topological polar surface area (TPSA) is 69.9 Å². The lowest BCUT2D eigenvalue weighted by molar-refractivity contribution is -0.114. The number of aromatic nitrogens is 4. The Labute approximate surface area is 207 Å². The summed E-state index contributed by atoms with van der Waals surface area (Å²) in [5.41, 5.74) is 5.82. The molecule has 0 N–H and O–H groups in total. The smallest absolute Gasteiger partial charge is 0.162 e. The fraction of sp³-hybridized carbons (Fsp3) is 0.286. The lowest BCUT2D eigenvalue weighted by Crippen LogP contribution is -2.22. The van der Waals surface area contributed by atoms with Crippen LogP contribution in [-0.4, -0.2) is 40.0 Å². The molecule has 0 atom stereocenters. The van der Waals surface area contributed by atoms with Gasteiger partial charge in [0.15, 0.2) is 5.78 Å². The van der Waals surface area contributed by atoms with Crippen molar-refractivity contribution < 1.29 is 9.53 Å². The van der Waals surface area contributed by atoms with E-state index in [2.05, 4.69) is 41.2 Å². The Hall–Kier alpha value is -3.42. The fourth-order valence-corrected chi connectivity index (χ4v) is 4.62. The number of benzene rings is 1. The zero-order valence-corrected chi connectivity index (χ0v) is 21.9. The molecule has 0 saturated carbocycles. The lowest BCUT2D eigenvalue weighted by Gasteiger charge is -2.15. The Kier molecular flexibility index (Phi) is 7.38. The highest BCUT2D eigenvalue weighted by molar-refractivity contribution is 6.76. The lowest BCUT2D eigenvalue weighted by atomic mass is 9.99. The van der Waals surface area contributed by atoms with Gasteiger partial charge in [-0.25, -0.2) is 9.97 Å². The Bertz CT molecular complexity index is 1360. The van der Waals surface area contributed by atoms with Crippen LogP contribution in [0, 0.1) is 0 Å². The van der Waals surface area contributed by atoms with Crippen LogP contribution in [0.5, 0.6) is 0 Å². The standard InChI is InChI=1S/C28H32N4O2Si/c1-20(2)25(33)16-21-9-8-10-22(15-21)27-26-23(24-11-6-7-12-29-24)17-32(28(26)31-18-30-27)19-34-13-14-35(3,4)5/h6-12,15,17-18H,1,13-14,16,19H2,2-5H3. The molecule has 35 heavy (non-hydrogen) atoms. The molecule has 3 heterocycles. The Morgan fingerprint density at radius 2 is 1.91 bits per heavy atom. The number of carbonyl (C=O) groups is 1. The van der Waals surface area contributed by atoms with E-state index < -0.39 is 8.07 Å². The summed E-state index contributed by atoms with van der Waals surface area (Å²) in [6.45, 7) is 13.7. The summed E-state index contributed by atoms with van der Waals surface area (Å²) in [5.74, 6) is 0.0331. The number of pyridine rings is 1. The number of fused-ring (bicyclic) bond motifs is 1. The van der Waals surface area contributed by atoms with Gasteiger partial charge in [-0.1, -0.05) is 50.5 Å². The van der Waals surface area contributed by atoms with Crippen LogP contribution < -0.4 is 0 Å². The minimum Gasteiger partial charge on any atom is -0.361 e. The predicted octanol–water partition coefficient (Wildman–Crippen LogP) is 6.16. The van der Waals surface area contributed by atoms with Gasteiger partial charge >= 0.3 is 0 Å². The van der Waals surface area contributed by atoms with Crippen LogP contribution in [0.2, 0.25) is 25.7 Å². The van der Waals surface area contributed by atoms with Crippen molar-refractivity contribution in [2.75, 3.05) is 6.61 Å². The molecule has 3 aromatic heterocycles. The van der Waals surface area contributed by atoms with Gasteiger partial charge in [-0.2, -0.15) is 0 Å². The zero-order valence-electron chi connectivity index (χ0n) is 20.9. The van der Waals surface area contributed by atoms with E-state index in [-0.39, 0.29) is 5.78 Å². The number of carbonyl (C=O) groups excluding carboxylic acids is 1. The van der Waals surface area contributed by atoms with E-state index in [0.717, 1.165) is 51.8 Å². The Balaban J connectivity index is 1.77. The molecule has 0 amide bonds. The van der Waals surface area contributed by atoms with E-state index >= 15 is 0 Å². The molecule has 0 saturated heterocycles. The second kappa shape index (κ2) is 10.5. The largest absolute Gasteiger partial charge is 0.361 e. The van der Waals surface area contributed by atoms with Crippen molar-refractivity contribution >= 4 is 24.9 Å². The van der Waals surface area contributed by atoms with Gasteiger partial charge in [-0.3, -0.25) is 9.78 Å². The van der Waals surface area contributed by atoms with Crippen LogP contribution in [0.3, 0.4) is 0 Å². The molecule has 0 spiro atoms. The quantitative estimate of drug-likeness (QED) is 0.153. The Morgan fingerprint density at radius 1 is 1.09 bits per heavy atom. The molecule has 180 valence electrons. The molecule has 0 aliphatic heterocycles. The van der Waals surface area contributed by atoms with Crippen molar-refractivity contribution in [2.45, 2.75) is 45.8 Å². The highest BCUT2D eigenvalue weighted by Crippen LogP contribution is 2.35. The number of hydrogen-bond acceptors (Lipinski definition) is 5. The normalized spacial score (nSPS) is 11.7. The van der Waals surface area contributed by atoms with Crippen LogP contribution >= 0.6 is 0 Å². The molecule has 0 fully saturated rings. The number of ether oxygens (including phenoxy) is 1. The third-order valence-corrected chi connectivity index (χ3v) is 7.57. The first-order valence-electron chi connectivity index (χ1n) is 11.8. The second-order valence-electron chi connectivity index (χ2n) is 10.1. The number of ketones is 1. The van der Waals surface area contributed by atoms with Gasteiger partial charge in [0.05, 0.1) is 16.8 Å².